The van der Waals surface area contributed by atoms with E-state index in [4.69, 9.17) is 0 Å². The number of piperidine rings is 1. The lowest BCUT2D eigenvalue weighted by atomic mass is 9.98. The second-order valence-corrected chi connectivity index (χ2v) is 7.87. The summed E-state index contributed by atoms with van der Waals surface area (Å²) in [6.07, 6.45) is 6.69. The normalized spacial score (nSPS) is 16.3. The van der Waals surface area contributed by atoms with Gasteiger partial charge in [0, 0.05) is 35.4 Å². The molecule has 5 rings (SSSR count). The molecule has 0 saturated carbocycles. The Hall–Kier alpha value is -2.65. The van der Waals surface area contributed by atoms with Crippen molar-refractivity contribution in [3.8, 4) is 5.69 Å². The molecule has 2 aromatic heterocycles. The van der Waals surface area contributed by atoms with Gasteiger partial charge in [0.05, 0.1) is 11.0 Å². The van der Waals surface area contributed by atoms with Gasteiger partial charge < -0.3 is 4.57 Å². The molecule has 3 nitrogen and oxygen atoms in total. The van der Waals surface area contributed by atoms with Crippen LogP contribution >= 0.6 is 0 Å². The number of rotatable bonds is 3. The molecule has 0 radical (unpaired) electrons. The Morgan fingerprint density at radius 1 is 1.00 bits per heavy atom. The molecule has 136 valence electrons. The molecule has 27 heavy (non-hydrogen) atoms. The Balaban J connectivity index is 1.51. The Bertz CT molecular complexity index is 1090. The summed E-state index contributed by atoms with van der Waals surface area (Å²) in [5, 5.41) is 2.54. The number of benzene rings is 2. The van der Waals surface area contributed by atoms with E-state index in [0.29, 0.717) is 0 Å². The van der Waals surface area contributed by atoms with Gasteiger partial charge in [-0.15, -0.1) is 0 Å². The first-order chi connectivity index (χ1) is 13.3. The molecule has 0 amide bonds. The van der Waals surface area contributed by atoms with Crippen molar-refractivity contribution in [3.05, 3.63) is 72.6 Å². The minimum atomic E-state index is 0.875. The van der Waals surface area contributed by atoms with Crippen molar-refractivity contribution in [2.75, 3.05) is 13.1 Å². The summed E-state index contributed by atoms with van der Waals surface area (Å²) < 4.78 is 2.30. The summed E-state index contributed by atoms with van der Waals surface area (Å²) in [4.78, 5) is 7.04. The molecule has 4 aromatic rings. The van der Waals surface area contributed by atoms with Crippen LogP contribution in [-0.2, 0) is 6.54 Å². The lowest BCUT2D eigenvalue weighted by Crippen LogP contribution is -2.32. The highest BCUT2D eigenvalue weighted by molar-refractivity contribution is 5.87. The molecular formula is C24H25N3. The molecule has 0 aliphatic carbocycles. The van der Waals surface area contributed by atoms with Crippen molar-refractivity contribution in [2.45, 2.75) is 26.3 Å². The molecule has 2 aromatic carbocycles. The van der Waals surface area contributed by atoms with E-state index in [2.05, 4.69) is 76.1 Å². The minimum absolute atomic E-state index is 0.875. The van der Waals surface area contributed by atoms with E-state index in [0.717, 1.165) is 18.0 Å². The second-order valence-electron chi connectivity index (χ2n) is 7.87. The summed E-state index contributed by atoms with van der Waals surface area (Å²) in [5.74, 6) is 0.875. The fourth-order valence-corrected chi connectivity index (χ4v) is 4.27. The first-order valence-electron chi connectivity index (χ1n) is 9.94. The second kappa shape index (κ2) is 6.82. The van der Waals surface area contributed by atoms with Crippen molar-refractivity contribution in [1.29, 1.82) is 0 Å². The molecule has 1 aliphatic heterocycles. The molecule has 0 spiro atoms. The zero-order valence-electron chi connectivity index (χ0n) is 15.8. The highest BCUT2D eigenvalue weighted by atomic mass is 15.1. The lowest BCUT2D eigenvalue weighted by molar-refractivity contribution is 0.186. The molecular weight excluding hydrogens is 330 g/mol. The topological polar surface area (TPSA) is 21.1 Å². The number of hydrogen-bond donors (Lipinski definition) is 0. The van der Waals surface area contributed by atoms with Crippen LogP contribution in [0.4, 0.5) is 0 Å². The van der Waals surface area contributed by atoms with Crippen LogP contribution in [0, 0.1) is 5.92 Å². The van der Waals surface area contributed by atoms with Crippen molar-refractivity contribution in [2.24, 2.45) is 5.92 Å². The first-order valence-corrected chi connectivity index (χ1v) is 9.94. The third-order valence-electron chi connectivity index (χ3n) is 5.96. The third kappa shape index (κ3) is 3.13. The fourth-order valence-electron chi connectivity index (χ4n) is 4.27. The molecule has 3 heteroatoms. The molecule has 1 fully saturated rings. The average molecular weight is 355 g/mol. The van der Waals surface area contributed by atoms with Gasteiger partial charge in [0.25, 0.3) is 0 Å². The maximum absolute atomic E-state index is 4.44. The van der Waals surface area contributed by atoms with Gasteiger partial charge in [0.15, 0.2) is 0 Å². The average Bonchev–Trinajstić information content (AvgIpc) is 3.14. The van der Waals surface area contributed by atoms with E-state index in [-0.39, 0.29) is 0 Å². The summed E-state index contributed by atoms with van der Waals surface area (Å²) in [6.45, 7) is 5.86. The number of aromatic nitrogens is 2. The Labute approximate surface area is 160 Å². The van der Waals surface area contributed by atoms with Gasteiger partial charge in [-0.05, 0) is 73.8 Å². The molecule has 1 aliphatic rings. The summed E-state index contributed by atoms with van der Waals surface area (Å²) in [7, 11) is 0. The zero-order valence-corrected chi connectivity index (χ0v) is 15.8. The van der Waals surface area contributed by atoms with E-state index in [1.54, 1.807) is 0 Å². The van der Waals surface area contributed by atoms with Crippen molar-refractivity contribution in [3.63, 3.8) is 0 Å². The monoisotopic (exact) mass is 355 g/mol. The Morgan fingerprint density at radius 3 is 2.78 bits per heavy atom. The van der Waals surface area contributed by atoms with Crippen LogP contribution in [0.1, 0.15) is 25.3 Å². The summed E-state index contributed by atoms with van der Waals surface area (Å²) in [6, 6.07) is 19.6. The van der Waals surface area contributed by atoms with Crippen LogP contribution in [-0.4, -0.2) is 27.5 Å². The smallest absolute Gasteiger partial charge is 0.0703 e. The number of likely N-dealkylation sites (tertiary alicyclic amines) is 1. The summed E-state index contributed by atoms with van der Waals surface area (Å²) >= 11 is 0. The lowest BCUT2D eigenvalue weighted by Gasteiger charge is -2.30. The molecule has 0 unspecified atom stereocenters. The largest absolute Gasteiger partial charge is 0.317 e. The van der Waals surface area contributed by atoms with Crippen molar-refractivity contribution >= 4 is 21.8 Å². The molecule has 3 heterocycles. The quantitative estimate of drug-likeness (QED) is 0.490. The maximum atomic E-state index is 4.44. The fraction of sp³-hybridized carbons (Fsp3) is 0.292. The van der Waals surface area contributed by atoms with Gasteiger partial charge >= 0.3 is 0 Å². The van der Waals surface area contributed by atoms with Gasteiger partial charge in [-0.3, -0.25) is 9.88 Å². The van der Waals surface area contributed by atoms with Gasteiger partial charge in [-0.1, -0.05) is 25.1 Å². The van der Waals surface area contributed by atoms with Crippen LogP contribution in [0.3, 0.4) is 0 Å². The number of hydrogen-bond acceptors (Lipinski definition) is 2. The number of fused-ring (bicyclic) bond motifs is 2. The maximum Gasteiger partial charge on any atom is 0.0703 e. The van der Waals surface area contributed by atoms with Gasteiger partial charge in [0.1, 0.15) is 0 Å². The van der Waals surface area contributed by atoms with E-state index >= 15 is 0 Å². The van der Waals surface area contributed by atoms with Gasteiger partial charge in [-0.2, -0.15) is 0 Å². The molecule has 0 atom stereocenters. The van der Waals surface area contributed by atoms with Crippen molar-refractivity contribution in [1.82, 2.24) is 14.5 Å². The molecule has 0 bridgehead atoms. The summed E-state index contributed by atoms with van der Waals surface area (Å²) in [5.41, 5.74) is 4.94. The minimum Gasteiger partial charge on any atom is -0.317 e. The molecule has 0 N–H and O–H groups in total. The predicted molar refractivity (Wildman–Crippen MR) is 112 cm³/mol. The third-order valence-corrected chi connectivity index (χ3v) is 5.96. The highest BCUT2D eigenvalue weighted by Gasteiger charge is 2.17. The SMILES string of the molecule is CC1CCN(Cc2cccc3c2ccn3-c2ccc3ncccc3c2)CC1. The highest BCUT2D eigenvalue weighted by Crippen LogP contribution is 2.27. The van der Waals surface area contributed by atoms with E-state index in [1.807, 2.05) is 12.3 Å². The molecule has 1 saturated heterocycles. The Morgan fingerprint density at radius 2 is 1.89 bits per heavy atom. The van der Waals surface area contributed by atoms with Gasteiger partial charge in [-0.25, -0.2) is 0 Å². The van der Waals surface area contributed by atoms with Crippen LogP contribution in [0.5, 0.6) is 0 Å². The number of pyridine rings is 1. The van der Waals surface area contributed by atoms with Crippen LogP contribution in [0.2, 0.25) is 0 Å². The number of nitrogens with zero attached hydrogens (tertiary/aromatic N) is 3. The van der Waals surface area contributed by atoms with E-state index < -0.39 is 0 Å². The standard InChI is InChI=1S/C24H25N3/c1-18-9-13-26(14-10-18)17-20-4-2-6-24-22(20)11-15-27(24)21-7-8-23-19(16-21)5-3-12-25-23/h2-8,11-12,15-16,18H,9-10,13-14,17H2,1H3. The van der Waals surface area contributed by atoms with E-state index in [9.17, 15) is 0 Å². The van der Waals surface area contributed by atoms with Gasteiger partial charge in [0.2, 0.25) is 0 Å². The predicted octanol–water partition coefficient (Wildman–Crippen LogP) is 5.41. The van der Waals surface area contributed by atoms with Crippen LogP contribution < -0.4 is 0 Å². The zero-order chi connectivity index (χ0) is 18.2. The van der Waals surface area contributed by atoms with Crippen molar-refractivity contribution < 1.29 is 0 Å². The van der Waals surface area contributed by atoms with E-state index in [1.165, 1.54) is 53.5 Å². The van der Waals surface area contributed by atoms with Crippen LogP contribution in [0.15, 0.2) is 67.0 Å². The first kappa shape index (κ1) is 16.5. The Kier molecular flexibility index (Phi) is 4.17. The van der Waals surface area contributed by atoms with Crippen LogP contribution in [0.25, 0.3) is 27.5 Å².